The Morgan fingerprint density at radius 2 is 1.00 bits per heavy atom. The maximum atomic E-state index is 6.29. The first-order valence-electron chi connectivity index (χ1n) is 9.46. The van der Waals surface area contributed by atoms with E-state index in [2.05, 4.69) is 20.8 Å². The second-order valence-electron chi connectivity index (χ2n) is 6.25. The summed E-state index contributed by atoms with van der Waals surface area (Å²) in [5.41, 5.74) is 0. The van der Waals surface area contributed by atoms with Crippen LogP contribution in [-0.4, -0.2) is 21.1 Å². The molecular formula is C18H39AlO. The highest BCUT2D eigenvalue weighted by Gasteiger charge is 2.19. The summed E-state index contributed by atoms with van der Waals surface area (Å²) in [5, 5.41) is 2.86. The molecule has 0 amide bonds. The Labute approximate surface area is 133 Å². The van der Waals surface area contributed by atoms with Crippen LogP contribution in [0.2, 0.25) is 10.6 Å². The van der Waals surface area contributed by atoms with Crippen molar-refractivity contribution in [3.8, 4) is 0 Å². The zero-order chi connectivity index (χ0) is 14.9. The number of hydrogen-bond donors (Lipinski definition) is 0. The Hall–Kier alpha value is 0.492. The van der Waals surface area contributed by atoms with Gasteiger partial charge >= 0.3 is 14.5 Å². The number of unbranched alkanes of at least 4 members (excludes halogenated alkanes) is 9. The summed E-state index contributed by atoms with van der Waals surface area (Å²) in [7, 11) is 0. The van der Waals surface area contributed by atoms with E-state index in [4.69, 9.17) is 3.79 Å². The van der Waals surface area contributed by atoms with Gasteiger partial charge in [0.25, 0.3) is 0 Å². The fourth-order valence-electron chi connectivity index (χ4n) is 2.69. The van der Waals surface area contributed by atoms with Crippen molar-refractivity contribution >= 4 is 14.5 Å². The Bertz CT molecular complexity index is 161. The molecule has 0 rings (SSSR count). The van der Waals surface area contributed by atoms with Crippen molar-refractivity contribution in [2.45, 2.75) is 108 Å². The molecule has 1 nitrogen and oxygen atoms in total. The van der Waals surface area contributed by atoms with Crippen molar-refractivity contribution in [1.29, 1.82) is 0 Å². The van der Waals surface area contributed by atoms with Gasteiger partial charge in [0.2, 0.25) is 0 Å². The second-order valence-corrected chi connectivity index (χ2v) is 8.98. The topological polar surface area (TPSA) is 9.23 Å². The molecule has 2 heteroatoms. The number of hydrogen-bond acceptors (Lipinski definition) is 1. The lowest BCUT2D eigenvalue weighted by molar-refractivity contribution is 0.303. The second kappa shape index (κ2) is 17.5. The van der Waals surface area contributed by atoms with E-state index in [0.717, 1.165) is 6.61 Å². The van der Waals surface area contributed by atoms with Crippen molar-refractivity contribution in [2.24, 2.45) is 0 Å². The molecule has 0 saturated carbocycles. The highest BCUT2D eigenvalue weighted by Crippen LogP contribution is 2.15. The maximum absolute atomic E-state index is 6.29. The van der Waals surface area contributed by atoms with Crippen LogP contribution in [0.4, 0.5) is 0 Å². The van der Waals surface area contributed by atoms with Gasteiger partial charge in [0.05, 0.1) is 0 Å². The van der Waals surface area contributed by atoms with E-state index in [-0.39, 0.29) is 0 Å². The minimum atomic E-state index is -0.871. The van der Waals surface area contributed by atoms with Gasteiger partial charge in [-0.25, -0.2) is 0 Å². The molecule has 0 atom stereocenters. The summed E-state index contributed by atoms with van der Waals surface area (Å²) in [4.78, 5) is 0. The molecule has 0 unspecified atom stereocenters. The van der Waals surface area contributed by atoms with E-state index in [9.17, 15) is 0 Å². The lowest BCUT2D eigenvalue weighted by Crippen LogP contribution is -2.18. The van der Waals surface area contributed by atoms with Crippen molar-refractivity contribution < 1.29 is 3.79 Å². The van der Waals surface area contributed by atoms with Gasteiger partial charge in [0.15, 0.2) is 0 Å². The average molecular weight is 298 g/mol. The third-order valence-corrected chi connectivity index (χ3v) is 6.92. The predicted octanol–water partition coefficient (Wildman–Crippen LogP) is 6.74. The van der Waals surface area contributed by atoms with E-state index in [1.165, 1.54) is 87.6 Å². The minimum absolute atomic E-state index is 0.871. The van der Waals surface area contributed by atoms with E-state index < -0.39 is 14.5 Å². The molecule has 0 aliphatic carbocycles. The Morgan fingerprint density at radius 1 is 0.550 bits per heavy atom. The fourth-order valence-corrected chi connectivity index (χ4v) is 5.30. The summed E-state index contributed by atoms with van der Waals surface area (Å²) < 4.78 is 6.29. The van der Waals surface area contributed by atoms with Crippen LogP contribution < -0.4 is 0 Å². The summed E-state index contributed by atoms with van der Waals surface area (Å²) in [6, 6.07) is 0. The quantitative estimate of drug-likeness (QED) is 0.226. The van der Waals surface area contributed by atoms with Crippen LogP contribution >= 0.6 is 0 Å². The molecule has 0 spiro atoms. The van der Waals surface area contributed by atoms with Crippen LogP contribution in [0.1, 0.15) is 97.8 Å². The molecule has 0 bridgehead atoms. The first-order valence-corrected chi connectivity index (χ1v) is 11.6. The number of rotatable bonds is 16. The Balaban J connectivity index is 3.67. The molecule has 0 aromatic carbocycles. The lowest BCUT2D eigenvalue weighted by Gasteiger charge is -2.13. The zero-order valence-electron chi connectivity index (χ0n) is 14.6. The first kappa shape index (κ1) is 20.5. The van der Waals surface area contributed by atoms with E-state index in [0.29, 0.717) is 0 Å². The van der Waals surface area contributed by atoms with Gasteiger partial charge in [-0.2, -0.15) is 0 Å². The van der Waals surface area contributed by atoms with Crippen LogP contribution in [0.3, 0.4) is 0 Å². The van der Waals surface area contributed by atoms with Crippen LogP contribution in [0.15, 0.2) is 0 Å². The highest BCUT2D eigenvalue weighted by molar-refractivity contribution is 6.51. The van der Waals surface area contributed by atoms with Crippen LogP contribution in [-0.2, 0) is 3.79 Å². The largest absolute Gasteiger partial charge is 0.501 e. The maximum Gasteiger partial charge on any atom is 0.460 e. The van der Waals surface area contributed by atoms with Gasteiger partial charge in [0, 0.05) is 6.61 Å². The van der Waals surface area contributed by atoms with Gasteiger partial charge < -0.3 is 3.79 Å². The monoisotopic (exact) mass is 298 g/mol. The van der Waals surface area contributed by atoms with Crippen molar-refractivity contribution in [1.82, 2.24) is 0 Å². The molecule has 120 valence electrons. The van der Waals surface area contributed by atoms with Crippen molar-refractivity contribution in [3.63, 3.8) is 0 Å². The molecule has 0 radical (unpaired) electrons. The molecule has 0 fully saturated rings. The smallest absolute Gasteiger partial charge is 0.460 e. The van der Waals surface area contributed by atoms with Crippen LogP contribution in [0.25, 0.3) is 0 Å². The Kier molecular flexibility index (Phi) is 18.0. The Morgan fingerprint density at radius 3 is 1.45 bits per heavy atom. The van der Waals surface area contributed by atoms with Crippen molar-refractivity contribution in [3.05, 3.63) is 0 Å². The third-order valence-electron chi connectivity index (χ3n) is 4.11. The molecule has 0 aromatic heterocycles. The molecular weight excluding hydrogens is 259 g/mol. The molecule has 0 aliphatic heterocycles. The van der Waals surface area contributed by atoms with Gasteiger partial charge in [-0.05, 0) is 6.42 Å². The van der Waals surface area contributed by atoms with Gasteiger partial charge in [-0.1, -0.05) is 102 Å². The molecule has 0 aliphatic rings. The minimum Gasteiger partial charge on any atom is -0.501 e. The van der Waals surface area contributed by atoms with Crippen LogP contribution in [0.5, 0.6) is 0 Å². The third kappa shape index (κ3) is 14.9. The van der Waals surface area contributed by atoms with E-state index in [1.807, 2.05) is 0 Å². The van der Waals surface area contributed by atoms with E-state index >= 15 is 0 Å². The molecule has 0 N–H and O–H groups in total. The molecule has 0 aromatic rings. The first-order chi connectivity index (χ1) is 9.85. The SMILES string of the molecule is CCCCCC[O][Al]([CH2]CCCCC)[CH2]CCCCC. The summed E-state index contributed by atoms with van der Waals surface area (Å²) >= 11 is -0.871. The van der Waals surface area contributed by atoms with Gasteiger partial charge in [-0.3, -0.25) is 0 Å². The zero-order valence-corrected chi connectivity index (χ0v) is 15.7. The standard InChI is InChI=1S/C6H13O.2C6H13.Al/c1-2-3-4-5-6-7;2*1-3-5-6-4-2;/h2-6H2,1H3;2*1,3-6H2,2H3;/q-1;;;+1. The average Bonchev–Trinajstić information content (AvgIpc) is 2.47. The molecule has 0 saturated heterocycles. The lowest BCUT2D eigenvalue weighted by atomic mass is 10.2. The predicted molar refractivity (Wildman–Crippen MR) is 93.7 cm³/mol. The van der Waals surface area contributed by atoms with E-state index in [1.54, 1.807) is 0 Å². The molecule has 20 heavy (non-hydrogen) atoms. The van der Waals surface area contributed by atoms with Crippen LogP contribution in [0, 0.1) is 0 Å². The van der Waals surface area contributed by atoms with Gasteiger partial charge in [0.1, 0.15) is 0 Å². The fraction of sp³-hybridized carbons (Fsp3) is 1.00. The summed E-state index contributed by atoms with van der Waals surface area (Å²) in [6.45, 7) is 7.92. The normalized spacial score (nSPS) is 10.9. The summed E-state index contributed by atoms with van der Waals surface area (Å²) in [5.74, 6) is 0. The van der Waals surface area contributed by atoms with Gasteiger partial charge in [-0.15, -0.1) is 0 Å². The van der Waals surface area contributed by atoms with Crippen molar-refractivity contribution in [2.75, 3.05) is 6.61 Å². The molecule has 0 heterocycles. The highest BCUT2D eigenvalue weighted by atomic mass is 27.2. The summed E-state index contributed by atoms with van der Waals surface area (Å²) in [6.07, 6.45) is 16.6.